The molecular formula is C11H20N6O2. The van der Waals surface area contributed by atoms with Crippen LogP contribution < -0.4 is 21.1 Å². The molecule has 0 spiro atoms. The summed E-state index contributed by atoms with van der Waals surface area (Å²) in [4.78, 5) is 23.5. The molecule has 0 atom stereocenters. The minimum absolute atomic E-state index is 0.163. The molecule has 0 bridgehead atoms. The van der Waals surface area contributed by atoms with E-state index in [0.717, 1.165) is 13.0 Å². The number of methoxy groups -OCH3 is 1. The third-order valence-electron chi connectivity index (χ3n) is 2.37. The van der Waals surface area contributed by atoms with Gasteiger partial charge < -0.3 is 21.1 Å². The summed E-state index contributed by atoms with van der Waals surface area (Å²) in [5.74, 6) is 0.112. The van der Waals surface area contributed by atoms with Gasteiger partial charge >= 0.3 is 6.01 Å². The van der Waals surface area contributed by atoms with E-state index in [1.807, 2.05) is 6.92 Å². The summed E-state index contributed by atoms with van der Waals surface area (Å²) < 4.78 is 4.99. The highest BCUT2D eigenvalue weighted by atomic mass is 16.5. The number of carbonyl (C=O) groups is 1. The minimum Gasteiger partial charge on any atom is -0.467 e. The van der Waals surface area contributed by atoms with Crippen molar-refractivity contribution in [1.29, 1.82) is 0 Å². The van der Waals surface area contributed by atoms with Gasteiger partial charge in [-0.1, -0.05) is 6.92 Å². The van der Waals surface area contributed by atoms with Gasteiger partial charge in [-0.05, 0) is 20.3 Å². The predicted molar refractivity (Wildman–Crippen MR) is 72.1 cm³/mol. The number of amides is 1. The van der Waals surface area contributed by atoms with E-state index in [0.29, 0.717) is 5.95 Å². The number of nitrogens with two attached hydrogens (primary N) is 1. The molecule has 1 amide bonds. The van der Waals surface area contributed by atoms with Crippen LogP contribution in [0.15, 0.2) is 0 Å². The molecule has 1 rings (SSSR count). The van der Waals surface area contributed by atoms with Gasteiger partial charge in [0.05, 0.1) is 7.11 Å². The molecule has 0 saturated heterocycles. The molecule has 0 aliphatic rings. The van der Waals surface area contributed by atoms with Crippen molar-refractivity contribution in [3.8, 4) is 6.01 Å². The summed E-state index contributed by atoms with van der Waals surface area (Å²) in [7, 11) is 1.46. The summed E-state index contributed by atoms with van der Waals surface area (Å²) >= 11 is 0. The fourth-order valence-corrected chi connectivity index (χ4v) is 1.16. The average Bonchev–Trinajstić information content (AvgIpc) is 2.35. The van der Waals surface area contributed by atoms with Crippen LogP contribution in [0.3, 0.4) is 0 Å². The largest absolute Gasteiger partial charge is 0.467 e. The smallest absolute Gasteiger partial charge is 0.322 e. The molecule has 0 unspecified atom stereocenters. The van der Waals surface area contributed by atoms with Gasteiger partial charge in [0.15, 0.2) is 0 Å². The lowest BCUT2D eigenvalue weighted by Gasteiger charge is -2.22. The minimum atomic E-state index is -0.964. The van der Waals surface area contributed by atoms with E-state index in [1.165, 1.54) is 7.11 Å². The zero-order valence-corrected chi connectivity index (χ0v) is 11.6. The Balaban J connectivity index is 2.96. The Morgan fingerprint density at radius 3 is 2.47 bits per heavy atom. The number of primary amides is 1. The molecule has 0 saturated carbocycles. The highest BCUT2D eigenvalue weighted by molar-refractivity contribution is 5.86. The van der Waals surface area contributed by atoms with Crippen molar-refractivity contribution < 1.29 is 9.53 Å². The molecular weight excluding hydrogens is 248 g/mol. The van der Waals surface area contributed by atoms with Gasteiger partial charge in [0.1, 0.15) is 5.54 Å². The normalized spacial score (nSPS) is 10.9. The molecule has 0 aromatic carbocycles. The summed E-state index contributed by atoms with van der Waals surface area (Å²) in [5.41, 5.74) is 4.32. The van der Waals surface area contributed by atoms with Crippen LogP contribution in [-0.4, -0.2) is 40.1 Å². The summed E-state index contributed by atoms with van der Waals surface area (Å²) in [6, 6.07) is 0.163. The molecule has 1 heterocycles. The van der Waals surface area contributed by atoms with Crippen LogP contribution in [-0.2, 0) is 4.79 Å². The number of carbonyl (C=O) groups excluding carboxylic acids is 1. The van der Waals surface area contributed by atoms with E-state index in [4.69, 9.17) is 10.5 Å². The van der Waals surface area contributed by atoms with Crippen molar-refractivity contribution in [2.24, 2.45) is 5.73 Å². The summed E-state index contributed by atoms with van der Waals surface area (Å²) in [5, 5.41) is 5.88. The van der Waals surface area contributed by atoms with E-state index in [1.54, 1.807) is 13.8 Å². The van der Waals surface area contributed by atoms with Gasteiger partial charge in [0, 0.05) is 6.54 Å². The highest BCUT2D eigenvalue weighted by Gasteiger charge is 2.26. The molecule has 1 aromatic heterocycles. The van der Waals surface area contributed by atoms with E-state index in [-0.39, 0.29) is 12.0 Å². The molecule has 1 aromatic rings. The number of rotatable bonds is 7. The van der Waals surface area contributed by atoms with Crippen LogP contribution in [0.1, 0.15) is 27.2 Å². The van der Waals surface area contributed by atoms with Crippen LogP contribution in [0.2, 0.25) is 0 Å². The second kappa shape index (κ2) is 6.17. The van der Waals surface area contributed by atoms with E-state index < -0.39 is 11.4 Å². The monoisotopic (exact) mass is 268 g/mol. The van der Waals surface area contributed by atoms with Gasteiger partial charge in [0.2, 0.25) is 17.8 Å². The van der Waals surface area contributed by atoms with E-state index >= 15 is 0 Å². The maximum absolute atomic E-state index is 11.3. The molecule has 0 aliphatic carbocycles. The molecule has 8 heteroatoms. The molecule has 4 N–H and O–H groups in total. The Morgan fingerprint density at radius 2 is 1.95 bits per heavy atom. The average molecular weight is 268 g/mol. The van der Waals surface area contributed by atoms with Gasteiger partial charge in [-0.3, -0.25) is 4.79 Å². The topological polar surface area (TPSA) is 115 Å². The molecule has 8 nitrogen and oxygen atoms in total. The van der Waals surface area contributed by atoms with Gasteiger partial charge in [0.25, 0.3) is 0 Å². The molecule has 0 aliphatic heterocycles. The van der Waals surface area contributed by atoms with Crippen molar-refractivity contribution in [2.45, 2.75) is 32.7 Å². The van der Waals surface area contributed by atoms with Gasteiger partial charge in [-0.15, -0.1) is 0 Å². The Labute approximate surface area is 112 Å². The Hall–Kier alpha value is -2.12. The zero-order valence-electron chi connectivity index (χ0n) is 11.6. The molecule has 106 valence electrons. The van der Waals surface area contributed by atoms with E-state index in [2.05, 4.69) is 25.6 Å². The Kier molecular flexibility index (Phi) is 4.85. The first kappa shape index (κ1) is 14.9. The van der Waals surface area contributed by atoms with Crippen molar-refractivity contribution in [1.82, 2.24) is 15.0 Å². The van der Waals surface area contributed by atoms with Crippen LogP contribution in [0.25, 0.3) is 0 Å². The SMILES string of the molecule is CCCNc1nc(NC(C)(C)C(N)=O)nc(OC)n1. The van der Waals surface area contributed by atoms with Crippen LogP contribution in [0, 0.1) is 0 Å². The maximum Gasteiger partial charge on any atom is 0.322 e. The second-order valence-corrected chi connectivity index (χ2v) is 4.51. The van der Waals surface area contributed by atoms with Crippen LogP contribution in [0.5, 0.6) is 6.01 Å². The lowest BCUT2D eigenvalue weighted by atomic mass is 10.1. The van der Waals surface area contributed by atoms with Gasteiger partial charge in [-0.25, -0.2) is 0 Å². The Bertz CT molecular complexity index is 449. The number of ether oxygens (including phenoxy) is 1. The highest BCUT2D eigenvalue weighted by Crippen LogP contribution is 2.15. The van der Waals surface area contributed by atoms with E-state index in [9.17, 15) is 4.79 Å². The first-order valence-electron chi connectivity index (χ1n) is 6.01. The first-order valence-corrected chi connectivity index (χ1v) is 6.01. The lowest BCUT2D eigenvalue weighted by molar-refractivity contribution is -0.121. The number of hydrogen-bond acceptors (Lipinski definition) is 7. The number of hydrogen-bond donors (Lipinski definition) is 3. The van der Waals surface area contributed by atoms with Crippen LogP contribution in [0.4, 0.5) is 11.9 Å². The number of nitrogens with one attached hydrogen (secondary N) is 2. The van der Waals surface area contributed by atoms with Crippen molar-refractivity contribution in [3.05, 3.63) is 0 Å². The molecule has 0 fully saturated rings. The van der Waals surface area contributed by atoms with Crippen LogP contribution >= 0.6 is 0 Å². The fourth-order valence-electron chi connectivity index (χ4n) is 1.16. The molecule has 0 radical (unpaired) electrons. The number of aromatic nitrogens is 3. The standard InChI is InChI=1S/C11H20N6O2/c1-5-6-13-8-14-9(16-10(15-8)19-4)17-11(2,3)7(12)18/h5-6H2,1-4H3,(H2,12,18)(H2,13,14,15,16,17). The van der Waals surface area contributed by atoms with Crippen molar-refractivity contribution in [3.63, 3.8) is 0 Å². The lowest BCUT2D eigenvalue weighted by Crippen LogP contribution is -2.45. The predicted octanol–water partition coefficient (Wildman–Crippen LogP) is 0.378. The molecule has 19 heavy (non-hydrogen) atoms. The van der Waals surface area contributed by atoms with Crippen molar-refractivity contribution >= 4 is 17.8 Å². The third kappa shape index (κ3) is 4.23. The Morgan fingerprint density at radius 1 is 1.32 bits per heavy atom. The number of anilines is 2. The second-order valence-electron chi connectivity index (χ2n) is 4.51. The quantitative estimate of drug-likeness (QED) is 0.654. The maximum atomic E-state index is 11.3. The van der Waals surface area contributed by atoms with Gasteiger partial charge in [-0.2, -0.15) is 15.0 Å². The third-order valence-corrected chi connectivity index (χ3v) is 2.37. The first-order chi connectivity index (χ1) is 8.89. The van der Waals surface area contributed by atoms with Crippen molar-refractivity contribution in [2.75, 3.05) is 24.3 Å². The summed E-state index contributed by atoms with van der Waals surface area (Å²) in [6.07, 6.45) is 0.934. The fraction of sp³-hybridized carbons (Fsp3) is 0.636. The zero-order chi connectivity index (χ0) is 14.5. The summed E-state index contributed by atoms with van der Waals surface area (Å²) in [6.45, 7) is 6.04. The number of nitrogens with zero attached hydrogens (tertiary/aromatic N) is 3.